The normalized spacial score (nSPS) is 15.2. The Hall–Kier alpha value is -0.940. The highest BCUT2D eigenvalue weighted by Gasteiger charge is 2.10. The first-order chi connectivity index (χ1) is 7.11. The van der Waals surface area contributed by atoms with Crippen LogP contribution in [0.2, 0.25) is 0 Å². The lowest BCUT2D eigenvalue weighted by atomic mass is 10.2. The number of methoxy groups -OCH3 is 1. The molecule has 5 nitrogen and oxygen atoms in total. The van der Waals surface area contributed by atoms with Crippen molar-refractivity contribution in [3.63, 3.8) is 0 Å². The van der Waals surface area contributed by atoms with E-state index in [-0.39, 0.29) is 12.2 Å². The second kappa shape index (κ2) is 5.82. The van der Waals surface area contributed by atoms with Gasteiger partial charge in [-0.2, -0.15) is 4.98 Å². The second-order valence-electron chi connectivity index (χ2n) is 3.74. The molecule has 15 heavy (non-hydrogen) atoms. The van der Waals surface area contributed by atoms with Crippen molar-refractivity contribution < 1.29 is 14.4 Å². The summed E-state index contributed by atoms with van der Waals surface area (Å²) < 4.78 is 10.1. The fraction of sp³-hybridized carbons (Fsp3) is 0.800. The number of aromatic nitrogens is 2. The van der Waals surface area contributed by atoms with E-state index in [0.717, 1.165) is 0 Å². The zero-order chi connectivity index (χ0) is 11.3. The lowest BCUT2D eigenvalue weighted by Gasteiger charge is -2.03. The van der Waals surface area contributed by atoms with Gasteiger partial charge in [0.05, 0.1) is 12.2 Å². The molecule has 1 rings (SSSR count). The van der Waals surface area contributed by atoms with Gasteiger partial charge in [-0.25, -0.2) is 0 Å². The highest BCUT2D eigenvalue weighted by Crippen LogP contribution is 2.05. The molecule has 0 aromatic carbocycles. The van der Waals surface area contributed by atoms with Gasteiger partial charge in [0, 0.05) is 20.0 Å². The van der Waals surface area contributed by atoms with Crippen LogP contribution in [0, 0.1) is 0 Å². The monoisotopic (exact) mass is 214 g/mol. The number of ether oxygens (including phenoxy) is 1. The number of nitrogens with zero attached hydrogens (tertiary/aromatic N) is 2. The molecule has 1 heterocycles. The van der Waals surface area contributed by atoms with Gasteiger partial charge in [-0.3, -0.25) is 0 Å². The molecular weight excluding hydrogens is 196 g/mol. The topological polar surface area (TPSA) is 68.4 Å². The van der Waals surface area contributed by atoms with Crippen LogP contribution in [0.1, 0.15) is 32.0 Å². The maximum Gasteiger partial charge on any atom is 0.226 e. The van der Waals surface area contributed by atoms with Crippen LogP contribution in [0.15, 0.2) is 4.52 Å². The minimum absolute atomic E-state index is 0.0900. The summed E-state index contributed by atoms with van der Waals surface area (Å²) in [7, 11) is 1.65. The molecule has 0 bridgehead atoms. The van der Waals surface area contributed by atoms with Crippen molar-refractivity contribution in [2.75, 3.05) is 7.11 Å². The Balaban J connectivity index is 2.42. The first-order valence-electron chi connectivity index (χ1n) is 5.14. The molecule has 0 fully saturated rings. The molecular formula is C10H18N2O3. The molecule has 0 aliphatic rings. The molecule has 0 amide bonds. The van der Waals surface area contributed by atoms with Crippen molar-refractivity contribution in [3.05, 3.63) is 11.7 Å². The Kier molecular flexibility index (Phi) is 4.71. The number of aliphatic hydroxyl groups is 1. The van der Waals surface area contributed by atoms with Gasteiger partial charge in [0.2, 0.25) is 5.89 Å². The SMILES string of the molecule is COC(C)Cc1noc(CCC(C)O)n1. The molecule has 1 N–H and O–H groups in total. The summed E-state index contributed by atoms with van der Waals surface area (Å²) in [4.78, 5) is 4.20. The summed E-state index contributed by atoms with van der Waals surface area (Å²) in [6.07, 6.45) is 1.66. The summed E-state index contributed by atoms with van der Waals surface area (Å²) in [5.74, 6) is 1.24. The van der Waals surface area contributed by atoms with Crippen molar-refractivity contribution in [1.29, 1.82) is 0 Å². The molecule has 5 heteroatoms. The van der Waals surface area contributed by atoms with Crippen LogP contribution >= 0.6 is 0 Å². The fourth-order valence-electron chi connectivity index (χ4n) is 1.15. The largest absolute Gasteiger partial charge is 0.393 e. The van der Waals surface area contributed by atoms with E-state index in [9.17, 15) is 0 Å². The van der Waals surface area contributed by atoms with E-state index < -0.39 is 0 Å². The summed E-state index contributed by atoms with van der Waals surface area (Å²) in [5.41, 5.74) is 0. The van der Waals surface area contributed by atoms with E-state index in [2.05, 4.69) is 10.1 Å². The first-order valence-corrected chi connectivity index (χ1v) is 5.14. The van der Waals surface area contributed by atoms with Crippen LogP contribution in [0.25, 0.3) is 0 Å². The summed E-state index contributed by atoms with van der Waals surface area (Å²) >= 11 is 0. The zero-order valence-corrected chi connectivity index (χ0v) is 9.43. The molecule has 2 unspecified atom stereocenters. The number of hydrogen-bond acceptors (Lipinski definition) is 5. The maximum atomic E-state index is 9.09. The van der Waals surface area contributed by atoms with E-state index in [0.29, 0.717) is 31.0 Å². The van der Waals surface area contributed by atoms with Gasteiger partial charge in [0.25, 0.3) is 0 Å². The highest BCUT2D eigenvalue weighted by atomic mass is 16.5. The van der Waals surface area contributed by atoms with Gasteiger partial charge in [-0.05, 0) is 20.3 Å². The smallest absolute Gasteiger partial charge is 0.226 e. The van der Waals surface area contributed by atoms with E-state index in [4.69, 9.17) is 14.4 Å². The lowest BCUT2D eigenvalue weighted by molar-refractivity contribution is 0.116. The van der Waals surface area contributed by atoms with E-state index in [1.165, 1.54) is 0 Å². The maximum absolute atomic E-state index is 9.09. The Labute approximate surface area is 89.4 Å². The van der Waals surface area contributed by atoms with Crippen molar-refractivity contribution >= 4 is 0 Å². The third kappa shape index (κ3) is 4.40. The lowest BCUT2D eigenvalue weighted by Crippen LogP contribution is -2.09. The molecule has 1 aromatic rings. The number of aliphatic hydroxyl groups excluding tert-OH is 1. The van der Waals surface area contributed by atoms with Gasteiger partial charge >= 0.3 is 0 Å². The average Bonchev–Trinajstić information content (AvgIpc) is 2.62. The van der Waals surface area contributed by atoms with Crippen molar-refractivity contribution in [2.24, 2.45) is 0 Å². The Bertz CT molecular complexity index is 286. The summed E-state index contributed by atoms with van der Waals surface area (Å²) in [6, 6.07) is 0. The number of hydrogen-bond donors (Lipinski definition) is 1. The number of rotatable bonds is 6. The second-order valence-corrected chi connectivity index (χ2v) is 3.74. The highest BCUT2D eigenvalue weighted by molar-refractivity contribution is 4.88. The van der Waals surface area contributed by atoms with Crippen molar-refractivity contribution in [1.82, 2.24) is 10.1 Å². The molecule has 2 atom stereocenters. The van der Waals surface area contributed by atoms with Crippen molar-refractivity contribution in [2.45, 2.75) is 45.3 Å². The Morgan fingerprint density at radius 2 is 2.20 bits per heavy atom. The van der Waals surface area contributed by atoms with Gasteiger partial charge in [0.15, 0.2) is 5.82 Å². The van der Waals surface area contributed by atoms with Crippen LogP contribution in [0.4, 0.5) is 0 Å². The first kappa shape index (κ1) is 12.1. The van der Waals surface area contributed by atoms with Gasteiger partial charge < -0.3 is 14.4 Å². The Morgan fingerprint density at radius 3 is 2.80 bits per heavy atom. The van der Waals surface area contributed by atoms with E-state index in [1.54, 1.807) is 14.0 Å². The van der Waals surface area contributed by atoms with Crippen molar-refractivity contribution in [3.8, 4) is 0 Å². The standard InChI is InChI=1S/C10H18N2O3/c1-7(13)4-5-10-11-9(12-15-10)6-8(2)14-3/h7-8,13H,4-6H2,1-3H3. The van der Waals surface area contributed by atoms with Crippen LogP contribution < -0.4 is 0 Å². The van der Waals surface area contributed by atoms with Crippen LogP contribution in [0.5, 0.6) is 0 Å². The van der Waals surface area contributed by atoms with Crippen LogP contribution in [-0.2, 0) is 17.6 Å². The summed E-state index contributed by atoms with van der Waals surface area (Å²) in [5, 5.41) is 12.9. The quantitative estimate of drug-likeness (QED) is 0.763. The minimum Gasteiger partial charge on any atom is -0.393 e. The number of aryl methyl sites for hydroxylation is 1. The van der Waals surface area contributed by atoms with E-state index >= 15 is 0 Å². The molecule has 0 spiro atoms. The zero-order valence-electron chi connectivity index (χ0n) is 9.43. The molecule has 0 radical (unpaired) electrons. The Morgan fingerprint density at radius 1 is 1.47 bits per heavy atom. The van der Waals surface area contributed by atoms with Gasteiger partial charge in [-0.1, -0.05) is 5.16 Å². The fourth-order valence-corrected chi connectivity index (χ4v) is 1.15. The molecule has 0 aliphatic carbocycles. The molecule has 0 saturated heterocycles. The summed E-state index contributed by atoms with van der Waals surface area (Å²) in [6.45, 7) is 3.69. The molecule has 0 aliphatic heterocycles. The minimum atomic E-state index is -0.335. The van der Waals surface area contributed by atoms with Crippen LogP contribution in [-0.4, -0.2) is 34.6 Å². The van der Waals surface area contributed by atoms with E-state index in [1.807, 2.05) is 6.92 Å². The predicted molar refractivity (Wildman–Crippen MR) is 54.5 cm³/mol. The average molecular weight is 214 g/mol. The molecule has 1 aromatic heterocycles. The molecule has 86 valence electrons. The van der Waals surface area contributed by atoms with Gasteiger partial charge in [0.1, 0.15) is 0 Å². The predicted octanol–water partition coefficient (Wildman–Crippen LogP) is 0.960. The van der Waals surface area contributed by atoms with Gasteiger partial charge in [-0.15, -0.1) is 0 Å². The third-order valence-corrected chi connectivity index (χ3v) is 2.16. The third-order valence-electron chi connectivity index (χ3n) is 2.16. The molecule has 0 saturated carbocycles. The van der Waals surface area contributed by atoms with Crippen LogP contribution in [0.3, 0.4) is 0 Å².